The molecule has 3 heteroatoms. The fourth-order valence-electron chi connectivity index (χ4n) is 2.29. The van der Waals surface area contributed by atoms with Crippen LogP contribution in [0, 0.1) is 0 Å². The minimum absolute atomic E-state index is 0.692. The molecule has 1 fully saturated rings. The molecule has 0 bridgehead atoms. The number of benzene rings is 1. The van der Waals surface area contributed by atoms with E-state index in [1.54, 1.807) is 0 Å². The van der Waals surface area contributed by atoms with Gasteiger partial charge in [0, 0.05) is 36.1 Å². The first-order valence-corrected chi connectivity index (χ1v) is 7.22. The maximum atomic E-state index is 4.17. The molecule has 3 rings (SSSR count). The summed E-state index contributed by atoms with van der Waals surface area (Å²) >= 11 is 2.05. The van der Waals surface area contributed by atoms with Gasteiger partial charge in [0.2, 0.25) is 0 Å². The van der Waals surface area contributed by atoms with Crippen molar-refractivity contribution in [2.24, 2.45) is 0 Å². The zero-order chi connectivity index (χ0) is 11.5. The molecule has 0 saturated carbocycles. The molecule has 2 heterocycles. The Morgan fingerprint density at radius 1 is 1.35 bits per heavy atom. The maximum absolute atomic E-state index is 4.17. The van der Waals surface area contributed by atoms with E-state index in [0.717, 1.165) is 6.54 Å². The van der Waals surface area contributed by atoms with Crippen LogP contribution in [0.3, 0.4) is 0 Å². The Bertz CT molecular complexity index is 501. The van der Waals surface area contributed by atoms with E-state index in [9.17, 15) is 0 Å². The van der Waals surface area contributed by atoms with Crippen LogP contribution in [0.25, 0.3) is 10.8 Å². The average Bonchev–Trinajstić information content (AvgIpc) is 2.89. The Morgan fingerprint density at radius 2 is 2.35 bits per heavy atom. The molecule has 1 aliphatic rings. The summed E-state index contributed by atoms with van der Waals surface area (Å²) in [7, 11) is 0. The van der Waals surface area contributed by atoms with Crippen LogP contribution in [0.1, 0.15) is 12.0 Å². The Kier molecular flexibility index (Phi) is 3.29. The Hall–Kier alpha value is -1.06. The molecule has 0 aliphatic carbocycles. The summed E-state index contributed by atoms with van der Waals surface area (Å²) in [5.74, 6) is 2.56. The van der Waals surface area contributed by atoms with Crippen LogP contribution < -0.4 is 5.32 Å². The van der Waals surface area contributed by atoms with Crippen molar-refractivity contribution >= 4 is 22.5 Å². The van der Waals surface area contributed by atoms with Crippen LogP contribution in [-0.4, -0.2) is 22.5 Å². The summed E-state index contributed by atoms with van der Waals surface area (Å²) < 4.78 is 0. The number of aromatic nitrogens is 1. The van der Waals surface area contributed by atoms with Crippen molar-refractivity contribution in [1.29, 1.82) is 0 Å². The minimum atomic E-state index is 0.692. The van der Waals surface area contributed by atoms with Gasteiger partial charge in [0.05, 0.1) is 0 Å². The highest BCUT2D eigenvalue weighted by molar-refractivity contribution is 7.99. The molecular weight excluding hydrogens is 228 g/mol. The van der Waals surface area contributed by atoms with Crippen molar-refractivity contribution in [2.75, 3.05) is 11.5 Å². The third-order valence-electron chi connectivity index (χ3n) is 3.28. The second-order valence-corrected chi connectivity index (χ2v) is 5.61. The lowest BCUT2D eigenvalue weighted by atomic mass is 10.1. The van der Waals surface area contributed by atoms with Gasteiger partial charge in [-0.15, -0.1) is 0 Å². The summed E-state index contributed by atoms with van der Waals surface area (Å²) in [6.07, 6.45) is 5.11. The molecule has 1 N–H and O–H groups in total. The lowest BCUT2D eigenvalue weighted by molar-refractivity contribution is 0.559. The van der Waals surface area contributed by atoms with E-state index in [1.807, 2.05) is 24.2 Å². The molecule has 1 atom stereocenters. The zero-order valence-corrected chi connectivity index (χ0v) is 10.5. The van der Waals surface area contributed by atoms with Crippen molar-refractivity contribution in [2.45, 2.75) is 19.0 Å². The van der Waals surface area contributed by atoms with Gasteiger partial charge in [-0.3, -0.25) is 4.98 Å². The number of nitrogens with zero attached hydrogens (tertiary/aromatic N) is 1. The van der Waals surface area contributed by atoms with Gasteiger partial charge in [0.25, 0.3) is 0 Å². The molecule has 0 amide bonds. The first-order chi connectivity index (χ1) is 8.43. The van der Waals surface area contributed by atoms with Crippen LogP contribution in [0.15, 0.2) is 36.7 Å². The van der Waals surface area contributed by atoms with Crippen LogP contribution in [0.2, 0.25) is 0 Å². The molecule has 1 aliphatic heterocycles. The lowest BCUT2D eigenvalue weighted by Crippen LogP contribution is -2.28. The third-order valence-corrected chi connectivity index (χ3v) is 4.44. The highest BCUT2D eigenvalue weighted by atomic mass is 32.2. The molecular formula is C14H16N2S. The lowest BCUT2D eigenvalue weighted by Gasteiger charge is -2.12. The van der Waals surface area contributed by atoms with Crippen LogP contribution in [0.4, 0.5) is 0 Å². The molecule has 0 radical (unpaired) electrons. The minimum Gasteiger partial charge on any atom is -0.309 e. The predicted octanol–water partition coefficient (Wildman–Crippen LogP) is 2.83. The number of nitrogens with one attached hydrogen (secondary N) is 1. The fraction of sp³-hybridized carbons (Fsp3) is 0.357. The van der Waals surface area contributed by atoms with Gasteiger partial charge in [0.15, 0.2) is 0 Å². The van der Waals surface area contributed by atoms with Crippen molar-refractivity contribution in [3.05, 3.63) is 42.2 Å². The molecule has 1 aromatic carbocycles. The van der Waals surface area contributed by atoms with E-state index in [1.165, 1.54) is 34.3 Å². The highest BCUT2D eigenvalue weighted by Crippen LogP contribution is 2.20. The number of hydrogen-bond acceptors (Lipinski definition) is 3. The van der Waals surface area contributed by atoms with Crippen molar-refractivity contribution in [3.63, 3.8) is 0 Å². The zero-order valence-electron chi connectivity index (χ0n) is 9.73. The summed E-state index contributed by atoms with van der Waals surface area (Å²) in [5.41, 5.74) is 1.38. The monoisotopic (exact) mass is 244 g/mol. The molecule has 0 spiro atoms. The van der Waals surface area contributed by atoms with Crippen molar-refractivity contribution in [1.82, 2.24) is 10.3 Å². The number of fused-ring (bicyclic) bond motifs is 1. The van der Waals surface area contributed by atoms with Gasteiger partial charge in [-0.2, -0.15) is 11.8 Å². The number of pyridine rings is 1. The van der Waals surface area contributed by atoms with E-state index in [-0.39, 0.29) is 0 Å². The molecule has 1 aromatic heterocycles. The number of thioether (sulfide) groups is 1. The number of hydrogen-bond donors (Lipinski definition) is 1. The van der Waals surface area contributed by atoms with E-state index in [0.29, 0.717) is 6.04 Å². The van der Waals surface area contributed by atoms with Crippen molar-refractivity contribution in [3.8, 4) is 0 Å². The van der Waals surface area contributed by atoms with Crippen LogP contribution in [-0.2, 0) is 6.54 Å². The quantitative estimate of drug-likeness (QED) is 0.898. The smallest absolute Gasteiger partial charge is 0.0346 e. The standard InChI is InChI=1S/C14H16N2S/c1-2-11-8-15-6-4-14(11)12(3-1)9-16-13-5-7-17-10-13/h1-4,6,8,13,16H,5,7,9-10H2. The SMILES string of the molecule is c1cc(CNC2CCSC2)c2ccncc2c1. The van der Waals surface area contributed by atoms with Crippen LogP contribution >= 0.6 is 11.8 Å². The summed E-state index contributed by atoms with van der Waals surface area (Å²) in [5, 5.41) is 6.20. The fourth-order valence-corrected chi connectivity index (χ4v) is 3.48. The Labute approximate surface area is 106 Å². The first-order valence-electron chi connectivity index (χ1n) is 6.06. The molecule has 2 aromatic rings. The Morgan fingerprint density at radius 3 is 3.24 bits per heavy atom. The molecule has 17 heavy (non-hydrogen) atoms. The average molecular weight is 244 g/mol. The normalized spacial score (nSPS) is 19.9. The van der Waals surface area contributed by atoms with Gasteiger partial charge >= 0.3 is 0 Å². The summed E-state index contributed by atoms with van der Waals surface area (Å²) in [4.78, 5) is 4.17. The van der Waals surface area contributed by atoms with Gasteiger partial charge in [-0.1, -0.05) is 18.2 Å². The molecule has 1 saturated heterocycles. The second kappa shape index (κ2) is 5.07. The van der Waals surface area contributed by atoms with Crippen LogP contribution in [0.5, 0.6) is 0 Å². The van der Waals surface area contributed by atoms with Gasteiger partial charge in [-0.05, 0) is 29.2 Å². The van der Waals surface area contributed by atoms with Gasteiger partial charge in [-0.25, -0.2) is 0 Å². The van der Waals surface area contributed by atoms with Gasteiger partial charge in [0.1, 0.15) is 0 Å². The largest absolute Gasteiger partial charge is 0.309 e. The molecule has 1 unspecified atom stereocenters. The van der Waals surface area contributed by atoms with E-state index < -0.39 is 0 Å². The van der Waals surface area contributed by atoms with Crippen molar-refractivity contribution < 1.29 is 0 Å². The molecule has 2 nitrogen and oxygen atoms in total. The predicted molar refractivity (Wildman–Crippen MR) is 74.3 cm³/mol. The van der Waals surface area contributed by atoms with Gasteiger partial charge < -0.3 is 5.32 Å². The Balaban J connectivity index is 1.79. The summed E-state index contributed by atoms with van der Waals surface area (Å²) in [6.45, 7) is 0.965. The topological polar surface area (TPSA) is 24.9 Å². The number of rotatable bonds is 3. The highest BCUT2D eigenvalue weighted by Gasteiger charge is 2.14. The third kappa shape index (κ3) is 2.45. The van der Waals surface area contributed by atoms with E-state index in [4.69, 9.17) is 0 Å². The van der Waals surface area contributed by atoms with E-state index >= 15 is 0 Å². The first kappa shape index (κ1) is 11.1. The second-order valence-electron chi connectivity index (χ2n) is 4.46. The maximum Gasteiger partial charge on any atom is 0.0346 e. The summed E-state index contributed by atoms with van der Waals surface area (Å²) in [6, 6.07) is 9.24. The molecule has 88 valence electrons. The van der Waals surface area contributed by atoms with E-state index in [2.05, 4.69) is 34.6 Å².